The molecule has 0 bridgehead atoms. The van der Waals surface area contributed by atoms with E-state index in [4.69, 9.17) is 28.8 Å². The molecular formula is C22H32O12. The van der Waals surface area contributed by atoms with Crippen LogP contribution < -0.4 is 0 Å². The Labute approximate surface area is 197 Å². The summed E-state index contributed by atoms with van der Waals surface area (Å²) < 4.78 is 26.9. The van der Waals surface area contributed by atoms with Crippen molar-refractivity contribution in [2.45, 2.75) is 90.0 Å². The third kappa shape index (κ3) is 9.48. The van der Waals surface area contributed by atoms with E-state index in [1.165, 1.54) is 0 Å². The second-order valence-corrected chi connectivity index (χ2v) is 7.45. The number of carbonyl (C=O) groups is 5. The molecule has 0 aromatic carbocycles. The number of esters is 4. The fourth-order valence-electron chi connectivity index (χ4n) is 3.06. The Morgan fingerprint density at radius 2 is 1.21 bits per heavy atom. The summed E-state index contributed by atoms with van der Waals surface area (Å²) >= 11 is 0. The zero-order valence-corrected chi connectivity index (χ0v) is 19.5. The maximum absolute atomic E-state index is 12.3. The van der Waals surface area contributed by atoms with E-state index in [1.54, 1.807) is 20.8 Å². The number of rotatable bonds is 13. The highest BCUT2D eigenvalue weighted by Crippen LogP contribution is 2.30. The number of aliphatic hydroxyl groups excluding tert-OH is 1. The van der Waals surface area contributed by atoms with Gasteiger partial charge >= 0.3 is 29.8 Å². The van der Waals surface area contributed by atoms with Crippen molar-refractivity contribution in [3.05, 3.63) is 12.2 Å². The lowest BCUT2D eigenvalue weighted by atomic mass is 9.98. The van der Waals surface area contributed by atoms with Crippen LogP contribution in [0.25, 0.3) is 0 Å². The largest absolute Gasteiger partial charge is 0.478 e. The van der Waals surface area contributed by atoms with Crippen molar-refractivity contribution in [1.82, 2.24) is 0 Å². The Kier molecular flexibility index (Phi) is 12.8. The second-order valence-electron chi connectivity index (χ2n) is 7.45. The van der Waals surface area contributed by atoms with Gasteiger partial charge in [0.25, 0.3) is 0 Å². The maximum Gasteiger partial charge on any atom is 0.333 e. The summed E-state index contributed by atoms with van der Waals surface area (Å²) in [5, 5.41) is 18.5. The minimum absolute atomic E-state index is 0.00178. The monoisotopic (exact) mass is 488 g/mol. The van der Waals surface area contributed by atoms with Gasteiger partial charge in [-0.15, -0.1) is 0 Å². The smallest absolute Gasteiger partial charge is 0.333 e. The lowest BCUT2D eigenvalue weighted by Crippen LogP contribution is -2.63. The van der Waals surface area contributed by atoms with Gasteiger partial charge < -0.3 is 33.9 Å². The molecule has 1 saturated heterocycles. The van der Waals surface area contributed by atoms with Crippen LogP contribution in [0.5, 0.6) is 0 Å². The van der Waals surface area contributed by atoms with Gasteiger partial charge in [0, 0.05) is 31.4 Å². The van der Waals surface area contributed by atoms with Crippen LogP contribution in [-0.4, -0.2) is 77.4 Å². The molecule has 1 fully saturated rings. The number of carboxylic acid groups (broad SMARTS) is 1. The molecule has 34 heavy (non-hydrogen) atoms. The van der Waals surface area contributed by atoms with E-state index in [-0.39, 0.29) is 19.3 Å². The van der Waals surface area contributed by atoms with Crippen LogP contribution >= 0.6 is 0 Å². The number of aliphatic carboxylic acids is 1. The van der Waals surface area contributed by atoms with E-state index in [2.05, 4.69) is 0 Å². The van der Waals surface area contributed by atoms with Crippen molar-refractivity contribution >= 4 is 29.8 Å². The van der Waals surface area contributed by atoms with E-state index in [9.17, 15) is 29.1 Å². The Bertz CT molecular complexity index is 746. The van der Waals surface area contributed by atoms with Crippen LogP contribution in [0.2, 0.25) is 0 Å². The van der Waals surface area contributed by atoms with Gasteiger partial charge in [0.05, 0.1) is 6.61 Å². The molecule has 0 saturated carbocycles. The van der Waals surface area contributed by atoms with Crippen molar-refractivity contribution in [2.75, 3.05) is 6.61 Å². The molecule has 5 unspecified atom stereocenters. The molecule has 1 aliphatic heterocycles. The predicted molar refractivity (Wildman–Crippen MR) is 113 cm³/mol. The molecule has 0 aliphatic carbocycles. The quantitative estimate of drug-likeness (QED) is 0.214. The molecule has 192 valence electrons. The highest BCUT2D eigenvalue weighted by molar-refractivity contribution is 5.90. The number of ether oxygens (including phenoxy) is 5. The molecule has 2 N–H and O–H groups in total. The maximum atomic E-state index is 12.3. The van der Waals surface area contributed by atoms with E-state index in [1.807, 2.05) is 0 Å². The zero-order valence-electron chi connectivity index (χ0n) is 19.5. The summed E-state index contributed by atoms with van der Waals surface area (Å²) in [6.07, 6.45) is -4.91. The molecular weight excluding hydrogens is 456 g/mol. The summed E-state index contributed by atoms with van der Waals surface area (Å²) in [5.74, 6) is -4.65. The lowest BCUT2D eigenvalue weighted by Gasteiger charge is -2.43. The molecule has 12 nitrogen and oxygen atoms in total. The third-order valence-electron chi connectivity index (χ3n) is 4.53. The van der Waals surface area contributed by atoms with Gasteiger partial charge in [-0.1, -0.05) is 20.8 Å². The molecule has 0 radical (unpaired) electrons. The van der Waals surface area contributed by atoms with Crippen LogP contribution in [-0.2, 0) is 47.7 Å². The molecule has 1 heterocycles. The van der Waals surface area contributed by atoms with Crippen LogP contribution in [0.1, 0.15) is 59.3 Å². The second kappa shape index (κ2) is 15.0. The average molecular weight is 488 g/mol. The Hall–Kier alpha value is -2.99. The fraction of sp³-hybridized carbons (Fsp3) is 0.682. The molecule has 0 aromatic rings. The van der Waals surface area contributed by atoms with Crippen LogP contribution in [0.3, 0.4) is 0 Å². The lowest BCUT2D eigenvalue weighted by molar-refractivity contribution is -0.299. The summed E-state index contributed by atoms with van der Waals surface area (Å²) in [5.41, 5.74) is 0. The van der Waals surface area contributed by atoms with E-state index >= 15 is 0 Å². The SMILES string of the molecule is CCCC(=O)OC1C(CO)OC(OC(=O)/C=C/C(=O)O)C(OC(=O)CCC)C1OC(=O)CCC. The number of hydrogen-bond acceptors (Lipinski definition) is 11. The number of carboxylic acids is 1. The first-order valence-electron chi connectivity index (χ1n) is 11.1. The Balaban J connectivity index is 3.37. The molecule has 12 heteroatoms. The first-order chi connectivity index (χ1) is 16.2. The number of hydrogen-bond donors (Lipinski definition) is 2. The number of aliphatic hydroxyl groups is 1. The minimum atomic E-state index is -1.69. The van der Waals surface area contributed by atoms with Crippen molar-refractivity contribution < 1.29 is 57.9 Å². The highest BCUT2D eigenvalue weighted by Gasteiger charge is 2.53. The molecule has 1 aliphatic rings. The Morgan fingerprint density at radius 1 is 0.735 bits per heavy atom. The first-order valence-corrected chi connectivity index (χ1v) is 11.1. The predicted octanol–water partition coefficient (Wildman–Crippen LogP) is 1.02. The van der Waals surface area contributed by atoms with Crippen LogP contribution in [0.15, 0.2) is 12.2 Å². The number of carbonyl (C=O) groups excluding carboxylic acids is 4. The van der Waals surface area contributed by atoms with E-state index in [0.29, 0.717) is 31.4 Å². The summed E-state index contributed by atoms with van der Waals surface area (Å²) in [7, 11) is 0. The van der Waals surface area contributed by atoms with Crippen molar-refractivity contribution in [2.24, 2.45) is 0 Å². The molecule has 0 amide bonds. The summed E-state index contributed by atoms with van der Waals surface area (Å²) in [6.45, 7) is 4.48. The standard InChI is InChI=1S/C22H32O12/c1-4-7-15(26)31-19-13(12-23)30-22(34-18(29)11-10-14(24)25)21(33-17(28)9-6-3)20(19)32-16(27)8-5-2/h10-11,13,19-23H,4-9,12H2,1-3H3,(H,24,25)/b11-10+. The van der Waals surface area contributed by atoms with E-state index < -0.39 is 67.2 Å². The van der Waals surface area contributed by atoms with Crippen LogP contribution in [0.4, 0.5) is 0 Å². The van der Waals surface area contributed by atoms with Crippen molar-refractivity contribution in [3.63, 3.8) is 0 Å². The van der Waals surface area contributed by atoms with Crippen molar-refractivity contribution in [1.29, 1.82) is 0 Å². The highest BCUT2D eigenvalue weighted by atomic mass is 16.7. The summed E-state index contributed by atoms with van der Waals surface area (Å²) in [6, 6.07) is 0. The van der Waals surface area contributed by atoms with Crippen LogP contribution in [0, 0.1) is 0 Å². The van der Waals surface area contributed by atoms with E-state index in [0.717, 1.165) is 0 Å². The topological polar surface area (TPSA) is 172 Å². The average Bonchev–Trinajstić information content (AvgIpc) is 2.76. The van der Waals surface area contributed by atoms with Gasteiger partial charge in [-0.25, -0.2) is 9.59 Å². The van der Waals surface area contributed by atoms with Gasteiger partial charge in [-0.3, -0.25) is 14.4 Å². The first kappa shape index (κ1) is 29.0. The minimum Gasteiger partial charge on any atom is -0.478 e. The fourth-order valence-corrected chi connectivity index (χ4v) is 3.06. The van der Waals surface area contributed by atoms with Gasteiger partial charge in [-0.05, 0) is 19.3 Å². The van der Waals surface area contributed by atoms with Gasteiger partial charge in [0.1, 0.15) is 6.10 Å². The molecule has 1 rings (SSSR count). The van der Waals surface area contributed by atoms with Gasteiger partial charge in [0.15, 0.2) is 12.2 Å². The zero-order chi connectivity index (χ0) is 25.7. The third-order valence-corrected chi connectivity index (χ3v) is 4.53. The van der Waals surface area contributed by atoms with Gasteiger partial charge in [0.2, 0.25) is 12.4 Å². The normalized spacial score (nSPS) is 24.3. The Morgan fingerprint density at radius 3 is 1.65 bits per heavy atom. The molecule has 0 aromatic heterocycles. The molecule has 5 atom stereocenters. The van der Waals surface area contributed by atoms with Crippen molar-refractivity contribution in [3.8, 4) is 0 Å². The molecule has 0 spiro atoms. The summed E-state index contributed by atoms with van der Waals surface area (Å²) in [4.78, 5) is 59.6. The van der Waals surface area contributed by atoms with Gasteiger partial charge in [-0.2, -0.15) is 0 Å².